The van der Waals surface area contributed by atoms with Gasteiger partial charge in [0.15, 0.2) is 0 Å². The van der Waals surface area contributed by atoms with Crippen molar-refractivity contribution in [2.45, 2.75) is 39.0 Å². The summed E-state index contributed by atoms with van der Waals surface area (Å²) in [5.74, 6) is -0.301. The van der Waals surface area contributed by atoms with Crippen molar-refractivity contribution in [1.82, 2.24) is 4.98 Å². The van der Waals surface area contributed by atoms with Crippen molar-refractivity contribution < 1.29 is 9.53 Å². The Labute approximate surface area is 130 Å². The highest BCUT2D eigenvalue weighted by Crippen LogP contribution is 2.41. The normalized spacial score (nSPS) is 11.4. The maximum atomic E-state index is 11.8. The summed E-state index contributed by atoms with van der Waals surface area (Å²) in [6.45, 7) is 6.21. The highest BCUT2D eigenvalue weighted by Gasteiger charge is 2.35. The molecule has 2 rings (SSSR count). The average molecular weight is 303 g/mol. The van der Waals surface area contributed by atoms with Gasteiger partial charge in [0.05, 0.1) is 12.8 Å². The van der Waals surface area contributed by atoms with Crippen molar-refractivity contribution >= 4 is 17.3 Å². The van der Waals surface area contributed by atoms with E-state index < -0.39 is 0 Å². The molecule has 1 aromatic heterocycles. The molecule has 0 unspecified atom stereocenters. The minimum absolute atomic E-state index is 0.136. The lowest BCUT2D eigenvalue weighted by Crippen LogP contribution is -2.25. The highest BCUT2D eigenvalue weighted by atomic mass is 32.1. The third-order valence-electron chi connectivity index (χ3n) is 4.11. The summed E-state index contributed by atoms with van der Waals surface area (Å²) >= 11 is 1.46. The molecular formula is C17H21NO2S. The van der Waals surface area contributed by atoms with Gasteiger partial charge in [0.25, 0.3) is 0 Å². The van der Waals surface area contributed by atoms with E-state index in [1.807, 2.05) is 13.0 Å². The number of ether oxygens (including phenoxy) is 1. The van der Waals surface area contributed by atoms with Gasteiger partial charge in [-0.2, -0.15) is 0 Å². The second-order valence-corrected chi connectivity index (χ2v) is 6.08. The number of nitrogens with zero attached hydrogens (tertiary/aromatic N) is 1. The molecule has 1 heterocycles. The summed E-state index contributed by atoms with van der Waals surface area (Å²) in [6, 6.07) is 10.4. The summed E-state index contributed by atoms with van der Waals surface area (Å²) in [6.07, 6.45) is 1.89. The molecule has 0 radical (unpaired) electrons. The molecule has 0 bridgehead atoms. The quantitative estimate of drug-likeness (QED) is 0.771. The van der Waals surface area contributed by atoms with E-state index in [1.54, 1.807) is 0 Å². The Morgan fingerprint density at radius 3 is 2.38 bits per heavy atom. The van der Waals surface area contributed by atoms with Gasteiger partial charge in [0.1, 0.15) is 9.88 Å². The molecular weight excluding hydrogens is 282 g/mol. The first-order chi connectivity index (χ1) is 10.1. The van der Waals surface area contributed by atoms with Crippen LogP contribution in [0.4, 0.5) is 0 Å². The van der Waals surface area contributed by atoms with Gasteiger partial charge in [-0.1, -0.05) is 44.2 Å². The predicted molar refractivity (Wildman–Crippen MR) is 86.0 cm³/mol. The van der Waals surface area contributed by atoms with Crippen LogP contribution in [0.3, 0.4) is 0 Å². The maximum Gasteiger partial charge on any atom is 0.349 e. The van der Waals surface area contributed by atoms with E-state index in [2.05, 4.69) is 43.1 Å². The molecule has 0 saturated heterocycles. The molecule has 3 nitrogen and oxygen atoms in total. The Bertz CT molecular complexity index is 615. The summed E-state index contributed by atoms with van der Waals surface area (Å²) in [4.78, 5) is 17.1. The zero-order chi connectivity index (χ0) is 15.5. The molecule has 0 aliphatic rings. The number of methoxy groups -OCH3 is 1. The van der Waals surface area contributed by atoms with Crippen molar-refractivity contribution in [2.24, 2.45) is 0 Å². The minimum Gasteiger partial charge on any atom is -0.465 e. The van der Waals surface area contributed by atoms with Crippen LogP contribution in [-0.2, 0) is 10.2 Å². The van der Waals surface area contributed by atoms with Crippen LogP contribution in [0.2, 0.25) is 0 Å². The van der Waals surface area contributed by atoms with E-state index in [0.717, 1.165) is 23.5 Å². The number of rotatable bonds is 5. The number of aromatic nitrogens is 1. The first-order valence-corrected chi connectivity index (χ1v) is 8.02. The maximum absolute atomic E-state index is 11.8. The Morgan fingerprint density at radius 2 is 1.86 bits per heavy atom. The monoisotopic (exact) mass is 303 g/mol. The van der Waals surface area contributed by atoms with Crippen LogP contribution in [0.1, 0.15) is 52.6 Å². The molecule has 0 N–H and O–H groups in total. The topological polar surface area (TPSA) is 39.2 Å². The Kier molecular flexibility index (Phi) is 4.78. The number of esters is 1. The van der Waals surface area contributed by atoms with Gasteiger partial charge >= 0.3 is 5.97 Å². The molecule has 1 aromatic carbocycles. The van der Waals surface area contributed by atoms with Crippen molar-refractivity contribution in [2.75, 3.05) is 7.11 Å². The Hall–Kier alpha value is -1.68. The lowest BCUT2D eigenvalue weighted by atomic mass is 9.76. The predicted octanol–water partition coefficient (Wildman–Crippen LogP) is 4.34. The molecule has 0 spiro atoms. The summed E-state index contributed by atoms with van der Waals surface area (Å²) in [7, 11) is 1.41. The van der Waals surface area contributed by atoms with Gasteiger partial charge in [-0.15, -0.1) is 11.3 Å². The SMILES string of the molecule is CCC(CC)(c1ccccc1)c1nc(C)c(C(=O)OC)s1. The van der Waals surface area contributed by atoms with Crippen LogP contribution >= 0.6 is 11.3 Å². The van der Waals surface area contributed by atoms with E-state index in [-0.39, 0.29) is 11.4 Å². The van der Waals surface area contributed by atoms with Gasteiger partial charge in [-0.3, -0.25) is 0 Å². The molecule has 112 valence electrons. The van der Waals surface area contributed by atoms with Gasteiger partial charge in [0, 0.05) is 5.41 Å². The van der Waals surface area contributed by atoms with Crippen molar-refractivity contribution in [3.8, 4) is 0 Å². The summed E-state index contributed by atoms with van der Waals surface area (Å²) in [5, 5.41) is 0.997. The van der Waals surface area contributed by atoms with Crippen LogP contribution in [0, 0.1) is 6.92 Å². The van der Waals surface area contributed by atoms with E-state index in [9.17, 15) is 4.79 Å². The number of hydrogen-bond acceptors (Lipinski definition) is 4. The number of benzene rings is 1. The summed E-state index contributed by atoms with van der Waals surface area (Å²) in [5.41, 5.74) is 1.87. The third kappa shape index (κ3) is 2.72. The van der Waals surface area contributed by atoms with E-state index in [1.165, 1.54) is 24.0 Å². The molecule has 2 aromatic rings. The van der Waals surface area contributed by atoms with Crippen LogP contribution in [0.25, 0.3) is 0 Å². The molecule has 21 heavy (non-hydrogen) atoms. The zero-order valence-electron chi connectivity index (χ0n) is 13.0. The first-order valence-electron chi connectivity index (χ1n) is 7.20. The number of carbonyl (C=O) groups is 1. The largest absolute Gasteiger partial charge is 0.465 e. The molecule has 0 amide bonds. The second-order valence-electron chi connectivity index (χ2n) is 5.08. The van der Waals surface area contributed by atoms with Gasteiger partial charge in [0.2, 0.25) is 0 Å². The lowest BCUT2D eigenvalue weighted by Gasteiger charge is -2.30. The van der Waals surface area contributed by atoms with Crippen LogP contribution in [0.5, 0.6) is 0 Å². The van der Waals surface area contributed by atoms with E-state index in [0.29, 0.717) is 4.88 Å². The number of hydrogen-bond donors (Lipinski definition) is 0. The number of carbonyl (C=O) groups excluding carboxylic acids is 1. The smallest absolute Gasteiger partial charge is 0.349 e. The van der Waals surface area contributed by atoms with Gasteiger partial charge in [-0.05, 0) is 25.3 Å². The van der Waals surface area contributed by atoms with Crippen LogP contribution < -0.4 is 0 Å². The van der Waals surface area contributed by atoms with E-state index >= 15 is 0 Å². The fourth-order valence-corrected chi connectivity index (χ4v) is 4.06. The molecule has 4 heteroatoms. The Balaban J connectivity index is 2.56. The second kappa shape index (κ2) is 6.39. The highest BCUT2D eigenvalue weighted by molar-refractivity contribution is 7.13. The third-order valence-corrected chi connectivity index (χ3v) is 5.45. The Morgan fingerprint density at radius 1 is 1.24 bits per heavy atom. The zero-order valence-corrected chi connectivity index (χ0v) is 13.8. The molecule has 0 atom stereocenters. The van der Waals surface area contributed by atoms with Crippen LogP contribution in [0.15, 0.2) is 30.3 Å². The standard InChI is InChI=1S/C17H21NO2S/c1-5-17(6-2,13-10-8-7-9-11-13)16-18-12(3)14(21-16)15(19)20-4/h7-11H,5-6H2,1-4H3. The van der Waals surface area contributed by atoms with Crippen molar-refractivity contribution in [1.29, 1.82) is 0 Å². The molecule has 0 fully saturated rings. The molecule has 0 saturated carbocycles. The van der Waals surface area contributed by atoms with Crippen molar-refractivity contribution in [3.63, 3.8) is 0 Å². The molecule has 0 aliphatic carbocycles. The van der Waals surface area contributed by atoms with Gasteiger partial charge < -0.3 is 4.74 Å². The van der Waals surface area contributed by atoms with Crippen molar-refractivity contribution in [3.05, 3.63) is 51.5 Å². The number of thiazole rings is 1. The fourth-order valence-electron chi connectivity index (χ4n) is 2.72. The number of aryl methyl sites for hydroxylation is 1. The minimum atomic E-state index is -0.301. The first kappa shape index (κ1) is 15.7. The lowest BCUT2D eigenvalue weighted by molar-refractivity contribution is 0.0605. The average Bonchev–Trinajstić information content (AvgIpc) is 2.92. The van der Waals surface area contributed by atoms with E-state index in [4.69, 9.17) is 4.74 Å². The van der Waals surface area contributed by atoms with Crippen LogP contribution in [-0.4, -0.2) is 18.1 Å². The summed E-state index contributed by atoms with van der Waals surface area (Å²) < 4.78 is 4.85. The van der Waals surface area contributed by atoms with Gasteiger partial charge in [-0.25, -0.2) is 9.78 Å². The molecule has 0 aliphatic heterocycles. The fraction of sp³-hybridized carbons (Fsp3) is 0.412.